The van der Waals surface area contributed by atoms with Crippen LogP contribution in [0.5, 0.6) is 0 Å². The van der Waals surface area contributed by atoms with Crippen LogP contribution in [0.3, 0.4) is 0 Å². The maximum Gasteiger partial charge on any atom is 0.341 e. The van der Waals surface area contributed by atoms with Crippen molar-refractivity contribution in [1.29, 1.82) is 0 Å². The van der Waals surface area contributed by atoms with Gasteiger partial charge in [-0.15, -0.1) is 10.2 Å². The number of halogens is 2. The second-order valence-corrected chi connectivity index (χ2v) is 6.03. The normalized spacial score (nSPS) is 22.4. The molecule has 1 aromatic heterocycles. The number of carbonyl (C=O) groups excluding carboxylic acids is 1. The van der Waals surface area contributed by atoms with E-state index in [1.165, 1.54) is 6.33 Å². The predicted molar refractivity (Wildman–Crippen MR) is 73.0 cm³/mol. The number of azo groups is 1. The van der Waals surface area contributed by atoms with Crippen molar-refractivity contribution in [3.8, 4) is 0 Å². The molecule has 2 heterocycles. The van der Waals surface area contributed by atoms with Gasteiger partial charge in [0.05, 0.1) is 12.3 Å². The molecule has 18 heavy (non-hydrogen) atoms. The third-order valence-electron chi connectivity index (χ3n) is 2.12. The Hall–Kier alpha value is -1.09. The van der Waals surface area contributed by atoms with Crippen LogP contribution in [-0.2, 0) is 9.53 Å². The number of rotatable bonds is 3. The molecule has 0 saturated carbocycles. The zero-order valence-electron chi connectivity index (χ0n) is 9.30. The average Bonchev–Trinajstić information content (AvgIpc) is 2.66. The lowest BCUT2D eigenvalue weighted by atomic mass is 10.1. The Kier molecular flexibility index (Phi) is 3.91. The Labute approximate surface area is 122 Å². The van der Waals surface area contributed by atoms with E-state index in [1.807, 2.05) is 22.6 Å². The van der Waals surface area contributed by atoms with E-state index in [0.717, 1.165) is 0 Å². The van der Waals surface area contributed by atoms with Gasteiger partial charge in [0, 0.05) is 6.20 Å². The summed E-state index contributed by atoms with van der Waals surface area (Å²) in [5, 5.41) is 7.77. The lowest BCUT2D eigenvalue weighted by Gasteiger charge is -2.12. The van der Waals surface area contributed by atoms with Crippen LogP contribution in [0.25, 0.3) is 5.70 Å². The van der Waals surface area contributed by atoms with Gasteiger partial charge >= 0.3 is 5.97 Å². The van der Waals surface area contributed by atoms with Crippen LogP contribution in [0.15, 0.2) is 34.4 Å². The highest BCUT2D eigenvalue weighted by Gasteiger charge is 2.42. The van der Waals surface area contributed by atoms with Crippen molar-refractivity contribution < 1.29 is 9.53 Å². The third-order valence-corrected chi connectivity index (χ3v) is 3.14. The molecule has 0 spiro atoms. The molecule has 2 rings (SSSR count). The molecule has 0 bridgehead atoms. The quantitative estimate of drug-likeness (QED) is 0.350. The molecule has 1 aliphatic heterocycles. The van der Waals surface area contributed by atoms with Crippen LogP contribution in [-0.4, -0.2) is 25.5 Å². The number of hydrogen-bond acceptors (Lipinski definition) is 6. The minimum atomic E-state index is -1.25. The van der Waals surface area contributed by atoms with Gasteiger partial charge < -0.3 is 4.74 Å². The molecular weight excluding hydrogens is 370 g/mol. The summed E-state index contributed by atoms with van der Waals surface area (Å²) in [6.45, 7) is 1.97. The smallest absolute Gasteiger partial charge is 0.341 e. The van der Waals surface area contributed by atoms with Crippen LogP contribution in [0.2, 0.25) is 0 Å². The van der Waals surface area contributed by atoms with Gasteiger partial charge in [0.1, 0.15) is 17.6 Å². The molecule has 94 valence electrons. The molecule has 0 saturated heterocycles. The molecule has 1 atom stereocenters. The van der Waals surface area contributed by atoms with Gasteiger partial charge in [0.2, 0.25) is 3.00 Å². The van der Waals surface area contributed by atoms with Crippen molar-refractivity contribution in [3.63, 3.8) is 0 Å². The van der Waals surface area contributed by atoms with Crippen molar-refractivity contribution in [3.05, 3.63) is 29.9 Å². The van der Waals surface area contributed by atoms with E-state index in [4.69, 9.17) is 16.3 Å². The second kappa shape index (κ2) is 5.27. The largest absolute Gasteiger partial charge is 0.462 e. The van der Waals surface area contributed by atoms with Crippen molar-refractivity contribution >= 4 is 45.9 Å². The summed E-state index contributed by atoms with van der Waals surface area (Å²) in [4.78, 5) is 19.7. The number of esters is 1. The fraction of sp³-hybridized carbons (Fsp3) is 0.300. The van der Waals surface area contributed by atoms with Crippen molar-refractivity contribution in [1.82, 2.24) is 9.97 Å². The van der Waals surface area contributed by atoms with Gasteiger partial charge in [-0.2, -0.15) is 0 Å². The van der Waals surface area contributed by atoms with Crippen molar-refractivity contribution in [2.45, 2.75) is 9.93 Å². The fourth-order valence-corrected chi connectivity index (χ4v) is 2.18. The first-order valence-corrected chi connectivity index (χ1v) is 6.51. The number of aromatic nitrogens is 2. The molecule has 6 nitrogen and oxygen atoms in total. The number of carbonyl (C=O) groups is 1. The molecule has 1 aromatic rings. The summed E-state index contributed by atoms with van der Waals surface area (Å²) in [6, 6.07) is 1.63. The summed E-state index contributed by atoms with van der Waals surface area (Å²) >= 11 is 7.96. The summed E-state index contributed by atoms with van der Waals surface area (Å²) in [5.41, 5.74) is 0.988. The summed E-state index contributed by atoms with van der Waals surface area (Å²) in [6.07, 6.45) is 2.91. The van der Waals surface area contributed by atoms with Crippen LogP contribution >= 0.6 is 34.2 Å². The predicted octanol–water partition coefficient (Wildman–Crippen LogP) is 2.54. The maximum absolute atomic E-state index is 11.9. The molecule has 0 amide bonds. The third kappa shape index (κ3) is 2.51. The van der Waals surface area contributed by atoms with E-state index in [-0.39, 0.29) is 12.2 Å². The molecule has 0 aliphatic carbocycles. The van der Waals surface area contributed by atoms with E-state index < -0.39 is 8.97 Å². The summed E-state index contributed by atoms with van der Waals surface area (Å²) < 4.78 is 3.72. The van der Waals surface area contributed by atoms with Gasteiger partial charge in [-0.25, -0.2) is 14.8 Å². The van der Waals surface area contributed by atoms with Crippen LogP contribution in [0.1, 0.15) is 12.6 Å². The van der Waals surface area contributed by atoms with E-state index >= 15 is 0 Å². The van der Waals surface area contributed by atoms with Crippen molar-refractivity contribution in [2.75, 3.05) is 6.61 Å². The first-order chi connectivity index (χ1) is 8.56. The Morgan fingerprint density at radius 3 is 3.00 bits per heavy atom. The number of hydrogen-bond donors (Lipinski definition) is 0. The second-order valence-electron chi connectivity index (χ2n) is 3.28. The molecule has 0 aromatic carbocycles. The first kappa shape index (κ1) is 13.3. The molecule has 0 radical (unpaired) electrons. The standard InChI is InChI=1S/C10H8ClIN4O2/c1-2-18-9(17)7-8(15-16-10(7,11)12)6-3-4-13-5-14-6/h3-5H,2H2,1H3. The minimum absolute atomic E-state index is 0.185. The van der Waals surface area contributed by atoms with E-state index in [2.05, 4.69) is 20.2 Å². The van der Waals surface area contributed by atoms with E-state index in [0.29, 0.717) is 11.4 Å². The van der Waals surface area contributed by atoms with Crippen LogP contribution in [0.4, 0.5) is 0 Å². The lowest BCUT2D eigenvalue weighted by Crippen LogP contribution is -2.20. The number of ether oxygens (including phenoxy) is 1. The SMILES string of the molecule is CCOC(=O)C1=C(c2ccncn2)N=NC1(Cl)I. The number of alkyl halides is 2. The van der Waals surface area contributed by atoms with Gasteiger partial charge in [-0.3, -0.25) is 0 Å². The topological polar surface area (TPSA) is 76.8 Å². The fourth-order valence-electron chi connectivity index (χ4n) is 1.39. The average molecular weight is 379 g/mol. The highest BCUT2D eigenvalue weighted by Crippen LogP contribution is 2.44. The van der Waals surface area contributed by atoms with Crippen LogP contribution < -0.4 is 0 Å². The van der Waals surface area contributed by atoms with Crippen molar-refractivity contribution in [2.24, 2.45) is 10.2 Å². The van der Waals surface area contributed by atoms with Gasteiger partial charge in [-0.1, -0.05) is 11.6 Å². The number of nitrogens with zero attached hydrogens (tertiary/aromatic N) is 4. The highest BCUT2D eigenvalue weighted by molar-refractivity contribution is 14.1. The zero-order chi connectivity index (χ0) is 13.2. The van der Waals surface area contributed by atoms with E-state index in [1.54, 1.807) is 19.2 Å². The zero-order valence-corrected chi connectivity index (χ0v) is 12.2. The summed E-state index contributed by atoms with van der Waals surface area (Å²) in [5.74, 6) is -0.541. The monoisotopic (exact) mass is 378 g/mol. The molecule has 8 heteroatoms. The Balaban J connectivity index is 2.50. The summed E-state index contributed by atoms with van der Waals surface area (Å²) in [7, 11) is 0. The molecular formula is C10H8ClIN4O2. The molecule has 0 N–H and O–H groups in total. The van der Waals surface area contributed by atoms with Gasteiger partial charge in [0.25, 0.3) is 0 Å². The molecule has 0 fully saturated rings. The lowest BCUT2D eigenvalue weighted by molar-refractivity contribution is -0.138. The molecule has 1 unspecified atom stereocenters. The highest BCUT2D eigenvalue weighted by atomic mass is 127. The van der Waals surface area contributed by atoms with Crippen LogP contribution in [0, 0.1) is 0 Å². The minimum Gasteiger partial charge on any atom is -0.462 e. The van der Waals surface area contributed by atoms with Gasteiger partial charge in [-0.05, 0) is 35.6 Å². The molecule has 1 aliphatic rings. The maximum atomic E-state index is 11.9. The Bertz CT molecular complexity index is 530. The van der Waals surface area contributed by atoms with E-state index in [9.17, 15) is 4.79 Å². The first-order valence-electron chi connectivity index (χ1n) is 5.05. The Morgan fingerprint density at radius 1 is 1.61 bits per heavy atom. The Morgan fingerprint density at radius 2 is 2.39 bits per heavy atom. The van der Waals surface area contributed by atoms with Gasteiger partial charge in [0.15, 0.2) is 0 Å².